The second-order valence-corrected chi connectivity index (χ2v) is 5.98. The summed E-state index contributed by atoms with van der Waals surface area (Å²) >= 11 is 0. The van der Waals surface area contributed by atoms with Gasteiger partial charge in [0.1, 0.15) is 5.69 Å². The monoisotopic (exact) mass is 294 g/mol. The summed E-state index contributed by atoms with van der Waals surface area (Å²) in [5, 5.41) is 13.6. The summed E-state index contributed by atoms with van der Waals surface area (Å²) in [7, 11) is 0. The zero-order chi connectivity index (χ0) is 15.9. The lowest BCUT2D eigenvalue weighted by atomic mass is 10.0. The molecule has 1 fully saturated rings. The Kier molecular flexibility index (Phi) is 3.45. The molecule has 0 atom stereocenters. The van der Waals surface area contributed by atoms with Crippen LogP contribution in [0.2, 0.25) is 0 Å². The first-order valence-corrected chi connectivity index (χ1v) is 7.45. The molecule has 2 aromatic rings. The molecule has 5 heteroatoms. The predicted octanol–water partition coefficient (Wildman–Crippen LogP) is 2.98. The van der Waals surface area contributed by atoms with Gasteiger partial charge in [0.25, 0.3) is 5.91 Å². The van der Waals surface area contributed by atoms with Gasteiger partial charge in [-0.3, -0.25) is 9.48 Å². The fraction of sp³-hybridized carbons (Fsp3) is 0.353. The highest BCUT2D eigenvalue weighted by molar-refractivity contribution is 5.95. The molecule has 3 rings (SSSR count). The van der Waals surface area contributed by atoms with Gasteiger partial charge in [0, 0.05) is 17.2 Å². The van der Waals surface area contributed by atoms with Crippen molar-refractivity contribution in [3.05, 3.63) is 41.1 Å². The van der Waals surface area contributed by atoms with Crippen molar-refractivity contribution in [2.75, 3.05) is 0 Å². The number of aromatic nitrogens is 2. The van der Waals surface area contributed by atoms with E-state index in [9.17, 15) is 4.79 Å². The molecule has 1 aliphatic rings. The number of hydrogen-bond acceptors (Lipinski definition) is 3. The van der Waals surface area contributed by atoms with E-state index in [0.29, 0.717) is 17.2 Å². The zero-order valence-electron chi connectivity index (χ0n) is 12.7. The maximum absolute atomic E-state index is 11.9. The number of amides is 1. The summed E-state index contributed by atoms with van der Waals surface area (Å²) in [6.45, 7) is 3.97. The van der Waals surface area contributed by atoms with E-state index in [1.165, 1.54) is 0 Å². The number of rotatable bonds is 4. The van der Waals surface area contributed by atoms with Gasteiger partial charge in [-0.2, -0.15) is 10.4 Å². The molecular weight excluding hydrogens is 276 g/mol. The standard InChI is InChI=1S/C17H18N4O/c1-10(2)21-16(17(19)22)14(12-7-8-12)15(20-21)13-5-3-11(9-18)4-6-13/h3-6,10,12H,7-8H2,1-2H3,(H2,19,22). The van der Waals surface area contributed by atoms with Crippen LogP contribution in [0.4, 0.5) is 0 Å². The zero-order valence-corrected chi connectivity index (χ0v) is 12.7. The molecule has 0 radical (unpaired) electrons. The summed E-state index contributed by atoms with van der Waals surface area (Å²) < 4.78 is 1.73. The lowest BCUT2D eigenvalue weighted by Crippen LogP contribution is -2.20. The van der Waals surface area contributed by atoms with Crippen molar-refractivity contribution < 1.29 is 4.79 Å². The second-order valence-electron chi connectivity index (χ2n) is 5.98. The molecule has 2 N–H and O–H groups in total. The largest absolute Gasteiger partial charge is 0.364 e. The van der Waals surface area contributed by atoms with E-state index in [4.69, 9.17) is 11.0 Å². The minimum atomic E-state index is -0.428. The van der Waals surface area contributed by atoms with E-state index in [1.807, 2.05) is 26.0 Å². The fourth-order valence-electron chi connectivity index (χ4n) is 2.74. The highest BCUT2D eigenvalue weighted by atomic mass is 16.1. The summed E-state index contributed by atoms with van der Waals surface area (Å²) in [6.07, 6.45) is 2.13. The maximum Gasteiger partial charge on any atom is 0.267 e. The van der Waals surface area contributed by atoms with Crippen LogP contribution in [-0.2, 0) is 0 Å². The number of nitrogens with zero attached hydrogens (tertiary/aromatic N) is 3. The summed E-state index contributed by atoms with van der Waals surface area (Å²) in [4.78, 5) is 11.9. The molecule has 0 spiro atoms. The van der Waals surface area contributed by atoms with Crippen LogP contribution in [0.3, 0.4) is 0 Å². The SMILES string of the molecule is CC(C)n1nc(-c2ccc(C#N)cc2)c(C2CC2)c1C(N)=O. The molecule has 0 unspecified atom stereocenters. The lowest BCUT2D eigenvalue weighted by molar-refractivity contribution is 0.0987. The van der Waals surface area contributed by atoms with Crippen LogP contribution in [-0.4, -0.2) is 15.7 Å². The van der Waals surface area contributed by atoms with Crippen LogP contribution in [0.15, 0.2) is 24.3 Å². The van der Waals surface area contributed by atoms with Gasteiger partial charge in [0.15, 0.2) is 0 Å². The molecule has 1 aliphatic carbocycles. The highest BCUT2D eigenvalue weighted by Crippen LogP contribution is 2.46. The Balaban J connectivity index is 2.20. The van der Waals surface area contributed by atoms with Crippen LogP contribution in [0, 0.1) is 11.3 Å². The van der Waals surface area contributed by atoms with Crippen LogP contribution >= 0.6 is 0 Å². The minimum absolute atomic E-state index is 0.0622. The first-order valence-electron chi connectivity index (χ1n) is 7.45. The van der Waals surface area contributed by atoms with Gasteiger partial charge in [0.2, 0.25) is 0 Å². The van der Waals surface area contributed by atoms with Crippen molar-refractivity contribution in [3.8, 4) is 17.3 Å². The van der Waals surface area contributed by atoms with Crippen molar-refractivity contribution in [1.82, 2.24) is 9.78 Å². The second kappa shape index (κ2) is 5.30. The molecule has 1 amide bonds. The van der Waals surface area contributed by atoms with Crippen LogP contribution in [0.25, 0.3) is 11.3 Å². The number of hydrogen-bond donors (Lipinski definition) is 1. The van der Waals surface area contributed by atoms with E-state index < -0.39 is 5.91 Å². The molecule has 1 aromatic carbocycles. The van der Waals surface area contributed by atoms with Gasteiger partial charge in [0.05, 0.1) is 17.3 Å². The van der Waals surface area contributed by atoms with E-state index in [-0.39, 0.29) is 6.04 Å². The molecule has 1 aromatic heterocycles. The molecule has 112 valence electrons. The van der Waals surface area contributed by atoms with E-state index in [1.54, 1.807) is 16.8 Å². The Hall–Kier alpha value is -2.61. The maximum atomic E-state index is 11.9. The van der Waals surface area contributed by atoms with E-state index in [0.717, 1.165) is 29.7 Å². The first-order chi connectivity index (χ1) is 10.5. The minimum Gasteiger partial charge on any atom is -0.364 e. The Labute approximate surface area is 129 Å². The molecular formula is C17H18N4O. The van der Waals surface area contributed by atoms with Gasteiger partial charge in [-0.15, -0.1) is 0 Å². The van der Waals surface area contributed by atoms with Crippen molar-refractivity contribution in [1.29, 1.82) is 5.26 Å². The Morgan fingerprint density at radius 2 is 2.00 bits per heavy atom. The van der Waals surface area contributed by atoms with Crippen molar-refractivity contribution in [2.24, 2.45) is 5.73 Å². The van der Waals surface area contributed by atoms with Gasteiger partial charge < -0.3 is 5.73 Å². The molecule has 1 saturated carbocycles. The Morgan fingerprint density at radius 3 is 2.45 bits per heavy atom. The summed E-state index contributed by atoms with van der Waals surface area (Å²) in [5.41, 5.74) is 9.44. The highest BCUT2D eigenvalue weighted by Gasteiger charge is 2.35. The van der Waals surface area contributed by atoms with E-state index in [2.05, 4.69) is 11.2 Å². The van der Waals surface area contributed by atoms with Gasteiger partial charge >= 0.3 is 0 Å². The van der Waals surface area contributed by atoms with E-state index >= 15 is 0 Å². The Bertz CT molecular complexity index is 761. The predicted molar refractivity (Wildman–Crippen MR) is 83.3 cm³/mol. The molecule has 0 saturated heterocycles. The number of nitrogens with two attached hydrogens (primary N) is 1. The average molecular weight is 294 g/mol. The Morgan fingerprint density at radius 1 is 1.36 bits per heavy atom. The van der Waals surface area contributed by atoms with Crippen molar-refractivity contribution in [3.63, 3.8) is 0 Å². The molecule has 5 nitrogen and oxygen atoms in total. The molecule has 1 heterocycles. The number of carbonyl (C=O) groups is 1. The third-order valence-corrected chi connectivity index (χ3v) is 3.94. The third kappa shape index (κ3) is 2.37. The summed E-state index contributed by atoms with van der Waals surface area (Å²) in [5.74, 6) is -0.0661. The first kappa shape index (κ1) is 14.3. The van der Waals surface area contributed by atoms with Crippen LogP contribution in [0.5, 0.6) is 0 Å². The topological polar surface area (TPSA) is 84.7 Å². The van der Waals surface area contributed by atoms with Gasteiger partial charge in [-0.05, 0) is 44.7 Å². The average Bonchev–Trinajstić information content (AvgIpc) is 3.25. The third-order valence-electron chi connectivity index (χ3n) is 3.94. The normalized spacial score (nSPS) is 14.1. The number of benzene rings is 1. The van der Waals surface area contributed by atoms with Crippen molar-refractivity contribution >= 4 is 5.91 Å². The fourth-order valence-corrected chi connectivity index (χ4v) is 2.74. The molecule has 0 bridgehead atoms. The quantitative estimate of drug-likeness (QED) is 0.940. The number of primary amides is 1. The van der Waals surface area contributed by atoms with Crippen molar-refractivity contribution in [2.45, 2.75) is 38.6 Å². The van der Waals surface area contributed by atoms with Gasteiger partial charge in [-0.25, -0.2) is 0 Å². The van der Waals surface area contributed by atoms with Crippen LogP contribution < -0.4 is 5.73 Å². The molecule has 22 heavy (non-hydrogen) atoms. The van der Waals surface area contributed by atoms with Gasteiger partial charge in [-0.1, -0.05) is 12.1 Å². The number of nitriles is 1. The number of carbonyl (C=O) groups excluding carboxylic acids is 1. The van der Waals surface area contributed by atoms with Crippen LogP contribution in [0.1, 0.15) is 60.3 Å². The lowest BCUT2D eigenvalue weighted by Gasteiger charge is -2.09. The summed E-state index contributed by atoms with van der Waals surface area (Å²) in [6, 6.07) is 9.46. The smallest absolute Gasteiger partial charge is 0.267 e. The molecule has 0 aliphatic heterocycles.